The van der Waals surface area contributed by atoms with E-state index in [-0.39, 0.29) is 0 Å². The van der Waals surface area contributed by atoms with Crippen LogP contribution in [0.15, 0.2) is 0 Å². The molecule has 18 heavy (non-hydrogen) atoms. The molecule has 0 bridgehead atoms. The third kappa shape index (κ3) is 7.31. The van der Waals surface area contributed by atoms with Crippen molar-refractivity contribution in [3.8, 4) is 0 Å². The third-order valence-electron chi connectivity index (χ3n) is 3.62. The van der Waals surface area contributed by atoms with Gasteiger partial charge in [-0.2, -0.15) is 0 Å². The fraction of sp³-hybridized carbons (Fsp3) is 1.00. The zero-order valence-corrected chi connectivity index (χ0v) is 12.1. The van der Waals surface area contributed by atoms with Gasteiger partial charge in [0.15, 0.2) is 0 Å². The predicted octanol–water partition coefficient (Wildman–Crippen LogP) is 1.50. The van der Waals surface area contributed by atoms with E-state index in [2.05, 4.69) is 17.1 Å². The molecule has 1 aliphatic heterocycles. The van der Waals surface area contributed by atoms with E-state index in [1.54, 1.807) is 7.11 Å². The van der Waals surface area contributed by atoms with E-state index in [0.717, 1.165) is 32.2 Å². The normalized spacial score (nSPS) is 18.3. The van der Waals surface area contributed by atoms with Gasteiger partial charge in [-0.15, -0.1) is 0 Å². The zero-order chi connectivity index (χ0) is 13.1. The fourth-order valence-corrected chi connectivity index (χ4v) is 2.33. The van der Waals surface area contributed by atoms with Gasteiger partial charge in [0, 0.05) is 19.8 Å². The summed E-state index contributed by atoms with van der Waals surface area (Å²) in [5.41, 5.74) is 0. The van der Waals surface area contributed by atoms with Crippen LogP contribution < -0.4 is 5.32 Å². The Morgan fingerprint density at radius 1 is 1.11 bits per heavy atom. The van der Waals surface area contributed by atoms with Crippen LogP contribution in [0.4, 0.5) is 0 Å². The minimum absolute atomic E-state index is 0.703. The van der Waals surface area contributed by atoms with Crippen molar-refractivity contribution in [1.29, 1.82) is 0 Å². The molecule has 1 aliphatic rings. The maximum atomic E-state index is 5.44. The summed E-state index contributed by atoms with van der Waals surface area (Å²) >= 11 is 0. The summed E-state index contributed by atoms with van der Waals surface area (Å²) in [4.78, 5) is 2.53. The van der Waals surface area contributed by atoms with Crippen molar-refractivity contribution >= 4 is 0 Å². The van der Waals surface area contributed by atoms with Gasteiger partial charge in [0.25, 0.3) is 0 Å². The van der Waals surface area contributed by atoms with Gasteiger partial charge in [-0.05, 0) is 51.9 Å². The lowest BCUT2D eigenvalue weighted by Crippen LogP contribution is -2.42. The largest absolute Gasteiger partial charge is 0.382 e. The number of ether oxygens (including phenoxy) is 2. The SMILES string of the molecule is CCN1CCC(NCCCCOCCOC)CC1. The van der Waals surface area contributed by atoms with Crippen molar-refractivity contribution in [1.82, 2.24) is 10.2 Å². The zero-order valence-electron chi connectivity index (χ0n) is 12.1. The standard InChI is InChI=1S/C14H30N2O2/c1-3-16-9-6-14(7-10-16)15-8-4-5-11-18-13-12-17-2/h14-15H,3-13H2,1-2H3. The molecule has 1 fully saturated rings. The minimum Gasteiger partial charge on any atom is -0.382 e. The molecule has 1 saturated heterocycles. The Balaban J connectivity index is 1.84. The van der Waals surface area contributed by atoms with Gasteiger partial charge in [0.05, 0.1) is 13.2 Å². The van der Waals surface area contributed by atoms with Crippen molar-refractivity contribution < 1.29 is 9.47 Å². The van der Waals surface area contributed by atoms with Crippen molar-refractivity contribution in [2.24, 2.45) is 0 Å². The number of hydrogen-bond acceptors (Lipinski definition) is 4. The quantitative estimate of drug-likeness (QED) is 0.602. The molecule has 0 amide bonds. The Bertz CT molecular complexity index is 183. The molecule has 0 aromatic rings. The molecular formula is C14H30N2O2. The summed E-state index contributed by atoms with van der Waals surface area (Å²) in [5, 5.41) is 3.66. The third-order valence-corrected chi connectivity index (χ3v) is 3.62. The van der Waals surface area contributed by atoms with E-state index in [1.807, 2.05) is 0 Å². The van der Waals surface area contributed by atoms with Crippen LogP contribution in [0.2, 0.25) is 0 Å². The van der Waals surface area contributed by atoms with E-state index >= 15 is 0 Å². The van der Waals surface area contributed by atoms with Gasteiger partial charge in [0.1, 0.15) is 0 Å². The van der Waals surface area contributed by atoms with Crippen LogP contribution in [0.1, 0.15) is 32.6 Å². The minimum atomic E-state index is 0.703. The number of likely N-dealkylation sites (tertiary alicyclic amines) is 1. The first-order valence-electron chi connectivity index (χ1n) is 7.39. The highest BCUT2D eigenvalue weighted by atomic mass is 16.5. The maximum absolute atomic E-state index is 5.44. The summed E-state index contributed by atoms with van der Waals surface area (Å²) < 4.78 is 10.4. The number of nitrogens with one attached hydrogen (secondary N) is 1. The van der Waals surface area contributed by atoms with Crippen LogP contribution in [0.3, 0.4) is 0 Å². The lowest BCUT2D eigenvalue weighted by Gasteiger charge is -2.31. The molecule has 0 atom stereocenters. The summed E-state index contributed by atoms with van der Waals surface area (Å²) in [7, 11) is 1.71. The van der Waals surface area contributed by atoms with Gasteiger partial charge in [0.2, 0.25) is 0 Å². The van der Waals surface area contributed by atoms with Crippen LogP contribution >= 0.6 is 0 Å². The van der Waals surface area contributed by atoms with E-state index in [4.69, 9.17) is 9.47 Å². The van der Waals surface area contributed by atoms with E-state index in [1.165, 1.54) is 38.9 Å². The topological polar surface area (TPSA) is 33.7 Å². The monoisotopic (exact) mass is 258 g/mol. The Hall–Kier alpha value is -0.160. The molecule has 0 saturated carbocycles. The Kier molecular flexibility index (Phi) is 9.48. The van der Waals surface area contributed by atoms with Crippen molar-refractivity contribution in [2.75, 3.05) is 53.1 Å². The van der Waals surface area contributed by atoms with Crippen LogP contribution in [0, 0.1) is 0 Å². The number of unbranched alkanes of at least 4 members (excludes halogenated alkanes) is 1. The van der Waals surface area contributed by atoms with Crippen LogP contribution in [0.25, 0.3) is 0 Å². The van der Waals surface area contributed by atoms with Crippen molar-refractivity contribution in [2.45, 2.75) is 38.6 Å². The molecule has 0 spiro atoms. The number of hydrogen-bond donors (Lipinski definition) is 1. The number of piperidine rings is 1. The van der Waals surface area contributed by atoms with Crippen LogP contribution in [0.5, 0.6) is 0 Å². The van der Waals surface area contributed by atoms with Gasteiger partial charge in [-0.3, -0.25) is 0 Å². The van der Waals surface area contributed by atoms with Gasteiger partial charge in [-0.25, -0.2) is 0 Å². The molecule has 0 radical (unpaired) electrons. The molecule has 108 valence electrons. The smallest absolute Gasteiger partial charge is 0.0700 e. The molecular weight excluding hydrogens is 228 g/mol. The highest BCUT2D eigenvalue weighted by Gasteiger charge is 2.16. The number of methoxy groups -OCH3 is 1. The molecule has 0 unspecified atom stereocenters. The summed E-state index contributed by atoms with van der Waals surface area (Å²) in [5.74, 6) is 0. The van der Waals surface area contributed by atoms with Gasteiger partial charge < -0.3 is 19.7 Å². The van der Waals surface area contributed by atoms with E-state index in [9.17, 15) is 0 Å². The van der Waals surface area contributed by atoms with Crippen LogP contribution in [-0.2, 0) is 9.47 Å². The second kappa shape index (κ2) is 10.7. The molecule has 0 aromatic heterocycles. The maximum Gasteiger partial charge on any atom is 0.0700 e. The lowest BCUT2D eigenvalue weighted by molar-refractivity contribution is 0.0686. The first-order valence-corrected chi connectivity index (χ1v) is 7.39. The number of rotatable bonds is 10. The van der Waals surface area contributed by atoms with Crippen molar-refractivity contribution in [3.05, 3.63) is 0 Å². The van der Waals surface area contributed by atoms with E-state index in [0.29, 0.717) is 6.61 Å². The highest BCUT2D eigenvalue weighted by molar-refractivity contribution is 4.76. The predicted molar refractivity (Wildman–Crippen MR) is 75.1 cm³/mol. The molecule has 1 rings (SSSR count). The number of nitrogens with zero attached hydrogens (tertiary/aromatic N) is 1. The molecule has 4 heteroatoms. The van der Waals surface area contributed by atoms with Crippen LogP contribution in [-0.4, -0.2) is 64.1 Å². The summed E-state index contributed by atoms with van der Waals surface area (Å²) in [6, 6.07) is 0.738. The fourth-order valence-electron chi connectivity index (χ4n) is 2.33. The molecule has 4 nitrogen and oxygen atoms in total. The molecule has 0 aliphatic carbocycles. The Morgan fingerprint density at radius 2 is 1.89 bits per heavy atom. The second-order valence-electron chi connectivity index (χ2n) is 4.97. The molecule has 0 aromatic carbocycles. The summed E-state index contributed by atoms with van der Waals surface area (Å²) in [6.07, 6.45) is 4.96. The van der Waals surface area contributed by atoms with Crippen molar-refractivity contribution in [3.63, 3.8) is 0 Å². The Morgan fingerprint density at radius 3 is 2.56 bits per heavy atom. The average Bonchev–Trinajstić information content (AvgIpc) is 2.42. The first kappa shape index (κ1) is 15.9. The highest BCUT2D eigenvalue weighted by Crippen LogP contribution is 2.09. The van der Waals surface area contributed by atoms with Gasteiger partial charge in [-0.1, -0.05) is 6.92 Å². The van der Waals surface area contributed by atoms with Gasteiger partial charge >= 0.3 is 0 Å². The van der Waals surface area contributed by atoms with E-state index < -0.39 is 0 Å². The summed E-state index contributed by atoms with van der Waals surface area (Å²) in [6.45, 7) is 9.38. The average molecular weight is 258 g/mol. The lowest BCUT2D eigenvalue weighted by atomic mass is 10.1. The molecule has 1 N–H and O–H groups in total. The first-order chi connectivity index (χ1) is 8.86. The molecule has 1 heterocycles. The second-order valence-corrected chi connectivity index (χ2v) is 4.97. The Labute approximate surface area is 112 Å².